The summed E-state index contributed by atoms with van der Waals surface area (Å²) in [5.74, 6) is 1.83. The van der Waals surface area contributed by atoms with Gasteiger partial charge in [0, 0.05) is 38.8 Å². The molecule has 1 aromatic carbocycles. The van der Waals surface area contributed by atoms with Gasteiger partial charge in [0.2, 0.25) is 10.0 Å². The highest BCUT2D eigenvalue weighted by molar-refractivity contribution is 7.92. The van der Waals surface area contributed by atoms with E-state index in [9.17, 15) is 13.2 Å². The molecule has 1 saturated heterocycles. The Hall–Kier alpha value is -4.10. The monoisotopic (exact) mass is 565 g/mol. The molecule has 12 nitrogen and oxygen atoms in total. The van der Waals surface area contributed by atoms with Gasteiger partial charge in [0.05, 0.1) is 36.1 Å². The maximum atomic E-state index is 13.6. The Kier molecular flexibility index (Phi) is 6.62. The third-order valence-electron chi connectivity index (χ3n) is 7.32. The van der Waals surface area contributed by atoms with Crippen molar-refractivity contribution in [1.29, 1.82) is 0 Å². The average molecular weight is 566 g/mol. The Labute approximate surface area is 231 Å². The lowest BCUT2D eigenvalue weighted by molar-refractivity contribution is -0.0431. The molecule has 210 valence electrons. The van der Waals surface area contributed by atoms with Crippen LogP contribution < -0.4 is 25.2 Å². The Morgan fingerprint density at radius 1 is 1.07 bits per heavy atom. The minimum absolute atomic E-state index is 0.243. The summed E-state index contributed by atoms with van der Waals surface area (Å²) >= 11 is 0. The molecule has 40 heavy (non-hydrogen) atoms. The third-order valence-corrected chi connectivity index (χ3v) is 8.51. The van der Waals surface area contributed by atoms with Crippen molar-refractivity contribution in [2.45, 2.75) is 31.9 Å². The van der Waals surface area contributed by atoms with E-state index in [4.69, 9.17) is 14.5 Å². The van der Waals surface area contributed by atoms with Gasteiger partial charge in [-0.15, -0.1) is 0 Å². The van der Waals surface area contributed by atoms with Crippen LogP contribution >= 0.6 is 0 Å². The van der Waals surface area contributed by atoms with Crippen LogP contribution in [0.3, 0.4) is 0 Å². The van der Waals surface area contributed by atoms with Crippen LogP contribution in [-0.2, 0) is 28.2 Å². The summed E-state index contributed by atoms with van der Waals surface area (Å²) in [5, 5.41) is 6.98. The van der Waals surface area contributed by atoms with E-state index in [0.717, 1.165) is 43.3 Å². The molecule has 2 aliphatic rings. The molecule has 0 bridgehead atoms. The molecule has 13 heteroatoms. The molecular formula is C27H31N7O5S. The number of hydrogen-bond acceptors (Lipinski definition) is 9. The van der Waals surface area contributed by atoms with E-state index in [1.807, 2.05) is 6.07 Å². The summed E-state index contributed by atoms with van der Waals surface area (Å²) in [7, 11) is -0.338. The van der Waals surface area contributed by atoms with Crippen LogP contribution in [-0.4, -0.2) is 54.3 Å². The Morgan fingerprint density at radius 3 is 2.67 bits per heavy atom. The Balaban J connectivity index is 1.50. The standard InChI is InChI=1S/C27H31N7O5S/c1-32-27(35)25-19(29-18-8-4-5-9-20(18)33(2)40(3,36)37)15-23(30-22-14-17-11-13-38-21(17)16-28-22)31-26(25)34(32)24-10-6-7-12-39-24/h4-5,8-9,14-16,24H,6-7,10-13H2,1-3H3,(H2,28,29,30,31). The maximum absolute atomic E-state index is 13.6. The van der Waals surface area contributed by atoms with Gasteiger partial charge in [-0.3, -0.25) is 9.10 Å². The van der Waals surface area contributed by atoms with E-state index < -0.39 is 10.0 Å². The van der Waals surface area contributed by atoms with E-state index in [2.05, 4.69) is 15.6 Å². The first kappa shape index (κ1) is 26.1. The predicted octanol–water partition coefficient (Wildman–Crippen LogP) is 3.65. The fraction of sp³-hybridized carbons (Fsp3) is 0.370. The van der Waals surface area contributed by atoms with Gasteiger partial charge in [-0.05, 0) is 37.5 Å². The van der Waals surface area contributed by atoms with Crippen molar-refractivity contribution in [3.05, 3.63) is 58.5 Å². The molecule has 4 aromatic rings. The van der Waals surface area contributed by atoms with E-state index in [-0.39, 0.29) is 11.8 Å². The van der Waals surface area contributed by atoms with Gasteiger partial charge in [-0.1, -0.05) is 12.1 Å². The summed E-state index contributed by atoms with van der Waals surface area (Å²) in [5.41, 5.74) is 2.70. The average Bonchev–Trinajstić information content (AvgIpc) is 3.50. The number of nitrogens with zero attached hydrogens (tertiary/aromatic N) is 5. The fourth-order valence-corrected chi connectivity index (χ4v) is 5.69. The first-order chi connectivity index (χ1) is 19.2. The highest BCUT2D eigenvalue weighted by Crippen LogP contribution is 2.35. The molecule has 2 N–H and O–H groups in total. The number of benzene rings is 1. The van der Waals surface area contributed by atoms with Crippen LogP contribution in [0.5, 0.6) is 5.75 Å². The minimum Gasteiger partial charge on any atom is -0.491 e. The zero-order valence-corrected chi connectivity index (χ0v) is 23.4. The van der Waals surface area contributed by atoms with Gasteiger partial charge in [0.1, 0.15) is 22.8 Å². The molecule has 1 atom stereocenters. The van der Waals surface area contributed by atoms with Crippen LogP contribution in [0, 0.1) is 0 Å². The number of hydrogen-bond donors (Lipinski definition) is 2. The molecule has 2 aliphatic heterocycles. The fourth-order valence-electron chi connectivity index (χ4n) is 5.18. The van der Waals surface area contributed by atoms with E-state index in [1.165, 1.54) is 16.0 Å². The van der Waals surface area contributed by atoms with Crippen molar-refractivity contribution >= 4 is 49.8 Å². The van der Waals surface area contributed by atoms with Crippen molar-refractivity contribution in [1.82, 2.24) is 19.3 Å². The smallest absolute Gasteiger partial charge is 0.278 e. The van der Waals surface area contributed by atoms with Gasteiger partial charge in [0.25, 0.3) is 5.56 Å². The number of aromatic nitrogens is 4. The number of fused-ring (bicyclic) bond motifs is 2. The zero-order chi connectivity index (χ0) is 28.0. The molecule has 5 heterocycles. The second-order valence-electron chi connectivity index (χ2n) is 10.0. The number of rotatable bonds is 7. The van der Waals surface area contributed by atoms with Crippen molar-refractivity contribution in [3.63, 3.8) is 0 Å². The number of sulfonamides is 1. The lowest BCUT2D eigenvalue weighted by Crippen LogP contribution is -2.27. The third kappa shape index (κ3) is 4.75. The molecule has 0 saturated carbocycles. The topological polar surface area (TPSA) is 133 Å². The second-order valence-corrected chi connectivity index (χ2v) is 12.0. The second kappa shape index (κ2) is 10.1. The molecule has 6 rings (SSSR count). The number of nitrogens with one attached hydrogen (secondary N) is 2. The van der Waals surface area contributed by atoms with Crippen molar-refractivity contribution in [2.24, 2.45) is 7.05 Å². The Morgan fingerprint density at radius 2 is 1.90 bits per heavy atom. The van der Waals surface area contributed by atoms with Crippen LogP contribution in [0.4, 0.5) is 28.7 Å². The molecule has 1 unspecified atom stereocenters. The number of anilines is 5. The summed E-state index contributed by atoms with van der Waals surface area (Å²) in [4.78, 5) is 23.0. The molecule has 3 aromatic heterocycles. The molecular weight excluding hydrogens is 534 g/mol. The number of para-hydroxylation sites is 2. The van der Waals surface area contributed by atoms with Crippen molar-refractivity contribution in [3.8, 4) is 5.75 Å². The summed E-state index contributed by atoms with van der Waals surface area (Å²) in [6.07, 6.45) is 6.00. The SMILES string of the molecule is CN(c1ccccc1Nc1cc(Nc2cc3c(cn2)OCC3)nc2c1c(=O)n(C)n2C1CCCCO1)S(C)(=O)=O. The molecule has 0 aliphatic carbocycles. The largest absolute Gasteiger partial charge is 0.491 e. The normalized spacial score (nSPS) is 16.9. The van der Waals surface area contributed by atoms with E-state index >= 15 is 0 Å². The first-order valence-electron chi connectivity index (χ1n) is 13.1. The number of ether oxygens (including phenoxy) is 2. The van der Waals surface area contributed by atoms with Gasteiger partial charge in [0.15, 0.2) is 11.9 Å². The highest BCUT2D eigenvalue weighted by atomic mass is 32.2. The van der Waals surface area contributed by atoms with Crippen LogP contribution in [0.2, 0.25) is 0 Å². The molecule has 1 fully saturated rings. The van der Waals surface area contributed by atoms with Gasteiger partial charge >= 0.3 is 0 Å². The van der Waals surface area contributed by atoms with Gasteiger partial charge in [-0.25, -0.2) is 27.7 Å². The van der Waals surface area contributed by atoms with E-state index in [0.29, 0.717) is 52.9 Å². The molecule has 0 spiro atoms. The summed E-state index contributed by atoms with van der Waals surface area (Å²) < 4.78 is 40.9. The Bertz CT molecular complexity index is 1760. The predicted molar refractivity (Wildman–Crippen MR) is 154 cm³/mol. The van der Waals surface area contributed by atoms with Crippen LogP contribution in [0.1, 0.15) is 31.1 Å². The van der Waals surface area contributed by atoms with Crippen LogP contribution in [0.25, 0.3) is 11.0 Å². The first-order valence-corrected chi connectivity index (χ1v) is 15.0. The molecule has 0 amide bonds. The minimum atomic E-state index is -3.53. The maximum Gasteiger partial charge on any atom is 0.278 e. The van der Waals surface area contributed by atoms with Gasteiger partial charge < -0.3 is 20.1 Å². The lowest BCUT2D eigenvalue weighted by Gasteiger charge is -2.25. The quantitative estimate of drug-likeness (QED) is 0.345. The van der Waals surface area contributed by atoms with Gasteiger partial charge in [-0.2, -0.15) is 0 Å². The highest BCUT2D eigenvalue weighted by Gasteiger charge is 2.26. The van der Waals surface area contributed by atoms with Crippen molar-refractivity contribution in [2.75, 3.05) is 41.5 Å². The number of pyridine rings is 2. The zero-order valence-electron chi connectivity index (χ0n) is 22.5. The van der Waals surface area contributed by atoms with Crippen molar-refractivity contribution < 1.29 is 17.9 Å². The molecule has 0 radical (unpaired) electrons. The van der Waals surface area contributed by atoms with E-state index in [1.54, 1.807) is 48.3 Å². The summed E-state index contributed by atoms with van der Waals surface area (Å²) in [6.45, 7) is 1.23. The lowest BCUT2D eigenvalue weighted by atomic mass is 10.2. The summed E-state index contributed by atoms with van der Waals surface area (Å²) in [6, 6.07) is 10.7. The van der Waals surface area contributed by atoms with Crippen LogP contribution in [0.15, 0.2) is 47.4 Å².